The maximum atomic E-state index is 12.2. The standard InChI is InChI=1S/C27H25Cl3N2O4S2/c1-2-34-24-13-18(12-23(30)26(24)36-15-17-3-8-21(28)22(29)11-17)14-31-32-25(33)16-35-20-6-4-19(5-7-20)27-37-9-10-38-27/h3-8,11-14,27H,2,9-10,15-16H2,1H3,(H,32,33)/b31-14-. The number of thioether (sulfide) groups is 2. The van der Waals surface area contributed by atoms with E-state index in [-0.39, 0.29) is 19.1 Å². The monoisotopic (exact) mass is 610 g/mol. The lowest BCUT2D eigenvalue weighted by atomic mass is 10.2. The lowest BCUT2D eigenvalue weighted by molar-refractivity contribution is -0.123. The Bertz CT molecular complexity index is 1290. The number of hydrazone groups is 1. The van der Waals surface area contributed by atoms with Gasteiger partial charge in [-0.2, -0.15) is 5.10 Å². The van der Waals surface area contributed by atoms with Crippen LogP contribution in [0.3, 0.4) is 0 Å². The minimum atomic E-state index is -0.384. The first-order chi connectivity index (χ1) is 18.4. The maximum absolute atomic E-state index is 12.2. The highest BCUT2D eigenvalue weighted by Gasteiger charge is 2.18. The largest absolute Gasteiger partial charge is 0.490 e. The zero-order chi connectivity index (χ0) is 26.9. The predicted octanol–water partition coefficient (Wildman–Crippen LogP) is 7.63. The Kier molecular flexibility index (Phi) is 10.8. The van der Waals surface area contributed by atoms with Gasteiger partial charge >= 0.3 is 0 Å². The first kappa shape index (κ1) is 28.8. The molecule has 11 heteroatoms. The van der Waals surface area contributed by atoms with Crippen molar-refractivity contribution in [3.63, 3.8) is 0 Å². The number of ether oxygens (including phenoxy) is 3. The average Bonchev–Trinajstić information content (AvgIpc) is 3.45. The molecule has 3 aromatic rings. The molecule has 3 aromatic carbocycles. The van der Waals surface area contributed by atoms with Crippen molar-refractivity contribution < 1.29 is 19.0 Å². The lowest BCUT2D eigenvalue weighted by Gasteiger charge is -2.14. The number of carbonyl (C=O) groups excluding carboxylic acids is 1. The zero-order valence-corrected chi connectivity index (χ0v) is 24.3. The third kappa shape index (κ3) is 8.13. The van der Waals surface area contributed by atoms with E-state index in [0.29, 0.717) is 49.1 Å². The molecule has 0 aliphatic carbocycles. The molecule has 4 rings (SSSR count). The van der Waals surface area contributed by atoms with E-state index >= 15 is 0 Å². The van der Waals surface area contributed by atoms with Crippen molar-refractivity contribution in [3.8, 4) is 17.2 Å². The number of nitrogens with one attached hydrogen (secondary N) is 1. The summed E-state index contributed by atoms with van der Waals surface area (Å²) in [4.78, 5) is 12.2. The van der Waals surface area contributed by atoms with Gasteiger partial charge in [-0.05, 0) is 60.0 Å². The highest BCUT2D eigenvalue weighted by Crippen LogP contribution is 2.45. The van der Waals surface area contributed by atoms with Crippen LogP contribution in [0.25, 0.3) is 0 Å². The second-order valence-electron chi connectivity index (χ2n) is 8.02. The van der Waals surface area contributed by atoms with Gasteiger partial charge in [0.05, 0.1) is 32.5 Å². The zero-order valence-electron chi connectivity index (χ0n) is 20.4. The Morgan fingerprint density at radius 2 is 1.74 bits per heavy atom. The van der Waals surface area contributed by atoms with Gasteiger partial charge < -0.3 is 14.2 Å². The molecule has 1 amide bonds. The summed E-state index contributed by atoms with van der Waals surface area (Å²) >= 11 is 22.4. The third-order valence-electron chi connectivity index (χ3n) is 5.25. The van der Waals surface area contributed by atoms with Crippen LogP contribution < -0.4 is 19.6 Å². The molecule has 0 radical (unpaired) electrons. The Morgan fingerprint density at radius 1 is 0.974 bits per heavy atom. The van der Waals surface area contributed by atoms with Gasteiger partial charge in [-0.3, -0.25) is 4.79 Å². The SMILES string of the molecule is CCOc1cc(/C=N\NC(=O)COc2ccc(C3SCCS3)cc2)cc(Cl)c1OCc1ccc(Cl)c(Cl)c1. The summed E-state index contributed by atoms with van der Waals surface area (Å²) in [6.45, 7) is 2.34. The van der Waals surface area contributed by atoms with Gasteiger partial charge in [0.1, 0.15) is 12.4 Å². The minimum absolute atomic E-state index is 0.157. The van der Waals surface area contributed by atoms with Crippen molar-refractivity contribution in [2.24, 2.45) is 5.10 Å². The predicted molar refractivity (Wildman–Crippen MR) is 159 cm³/mol. The molecule has 1 aliphatic rings. The molecule has 200 valence electrons. The Labute approximate surface area is 245 Å². The normalized spacial score (nSPS) is 13.6. The van der Waals surface area contributed by atoms with Crippen LogP contribution in [0.15, 0.2) is 59.7 Å². The van der Waals surface area contributed by atoms with Gasteiger partial charge in [-0.25, -0.2) is 5.43 Å². The van der Waals surface area contributed by atoms with Crippen molar-refractivity contribution in [3.05, 3.63) is 86.4 Å². The number of rotatable bonds is 11. The van der Waals surface area contributed by atoms with Gasteiger partial charge in [0, 0.05) is 11.5 Å². The van der Waals surface area contributed by atoms with E-state index in [0.717, 1.165) is 5.56 Å². The highest BCUT2D eigenvalue weighted by molar-refractivity contribution is 8.19. The molecule has 1 N–H and O–H groups in total. The highest BCUT2D eigenvalue weighted by atomic mass is 35.5. The molecule has 38 heavy (non-hydrogen) atoms. The van der Waals surface area contributed by atoms with Crippen molar-refractivity contribution in [2.75, 3.05) is 24.7 Å². The lowest BCUT2D eigenvalue weighted by Crippen LogP contribution is -2.24. The first-order valence-corrected chi connectivity index (χ1v) is 15.0. The number of amides is 1. The smallest absolute Gasteiger partial charge is 0.277 e. The van der Waals surface area contributed by atoms with Gasteiger partial charge in [-0.1, -0.05) is 53.0 Å². The van der Waals surface area contributed by atoms with Gasteiger partial charge in [0.15, 0.2) is 18.1 Å². The Morgan fingerprint density at radius 3 is 2.45 bits per heavy atom. The van der Waals surface area contributed by atoms with E-state index < -0.39 is 0 Å². The molecule has 1 aliphatic heterocycles. The van der Waals surface area contributed by atoms with Crippen LogP contribution in [0.4, 0.5) is 0 Å². The van der Waals surface area contributed by atoms with Crippen molar-refractivity contribution in [2.45, 2.75) is 18.1 Å². The number of carbonyl (C=O) groups is 1. The second-order valence-corrected chi connectivity index (χ2v) is 12.0. The molecular weight excluding hydrogens is 587 g/mol. The molecule has 0 atom stereocenters. The second kappa shape index (κ2) is 14.2. The molecule has 0 unspecified atom stereocenters. The fraction of sp³-hybridized carbons (Fsp3) is 0.259. The topological polar surface area (TPSA) is 69.2 Å². The van der Waals surface area contributed by atoms with Crippen LogP contribution in [0.1, 0.15) is 28.2 Å². The van der Waals surface area contributed by atoms with Crippen LogP contribution in [-0.2, 0) is 11.4 Å². The minimum Gasteiger partial charge on any atom is -0.490 e. The summed E-state index contributed by atoms with van der Waals surface area (Å²) in [6, 6.07) is 16.5. The molecule has 0 bridgehead atoms. The molecular formula is C27H25Cl3N2O4S2. The molecule has 1 fully saturated rings. The summed E-state index contributed by atoms with van der Waals surface area (Å²) < 4.78 is 17.7. The quantitative estimate of drug-likeness (QED) is 0.178. The molecule has 1 heterocycles. The van der Waals surface area contributed by atoms with E-state index in [1.165, 1.54) is 23.3 Å². The van der Waals surface area contributed by atoms with Crippen molar-refractivity contribution >= 4 is 70.4 Å². The fourth-order valence-electron chi connectivity index (χ4n) is 3.48. The molecule has 1 saturated heterocycles. The average molecular weight is 612 g/mol. The van der Waals surface area contributed by atoms with Crippen molar-refractivity contribution in [1.82, 2.24) is 5.43 Å². The van der Waals surface area contributed by atoms with Crippen LogP contribution in [0, 0.1) is 0 Å². The van der Waals surface area contributed by atoms with Crippen LogP contribution in [0.5, 0.6) is 17.2 Å². The number of hydrogen-bond acceptors (Lipinski definition) is 7. The third-order valence-corrected chi connectivity index (χ3v) is 9.37. The summed E-state index contributed by atoms with van der Waals surface area (Å²) in [5.74, 6) is 3.44. The van der Waals surface area contributed by atoms with Gasteiger partial charge in [0.2, 0.25) is 0 Å². The van der Waals surface area contributed by atoms with Crippen LogP contribution >= 0.6 is 58.3 Å². The molecule has 0 saturated carbocycles. The van der Waals surface area contributed by atoms with E-state index in [1.807, 2.05) is 60.8 Å². The van der Waals surface area contributed by atoms with Gasteiger partial charge in [0.25, 0.3) is 5.91 Å². The summed E-state index contributed by atoms with van der Waals surface area (Å²) in [5.41, 5.74) is 5.17. The summed E-state index contributed by atoms with van der Waals surface area (Å²) in [7, 11) is 0. The van der Waals surface area contributed by atoms with E-state index in [4.69, 9.17) is 49.0 Å². The van der Waals surface area contributed by atoms with E-state index in [1.54, 1.807) is 24.3 Å². The molecule has 6 nitrogen and oxygen atoms in total. The van der Waals surface area contributed by atoms with Gasteiger partial charge in [-0.15, -0.1) is 23.5 Å². The number of benzene rings is 3. The van der Waals surface area contributed by atoms with E-state index in [9.17, 15) is 4.79 Å². The molecule has 0 spiro atoms. The molecule has 0 aromatic heterocycles. The summed E-state index contributed by atoms with van der Waals surface area (Å²) in [5, 5.41) is 5.26. The van der Waals surface area contributed by atoms with Crippen molar-refractivity contribution in [1.29, 1.82) is 0 Å². The van der Waals surface area contributed by atoms with Crippen LogP contribution in [-0.4, -0.2) is 36.8 Å². The summed E-state index contributed by atoms with van der Waals surface area (Å²) in [6.07, 6.45) is 1.47. The first-order valence-electron chi connectivity index (χ1n) is 11.7. The number of nitrogens with zero attached hydrogens (tertiary/aromatic N) is 1. The van der Waals surface area contributed by atoms with Crippen LogP contribution in [0.2, 0.25) is 15.1 Å². The van der Waals surface area contributed by atoms with E-state index in [2.05, 4.69) is 10.5 Å². The Hall–Kier alpha value is -2.23. The maximum Gasteiger partial charge on any atom is 0.277 e. The Balaban J connectivity index is 1.31. The number of halogens is 3. The fourth-order valence-corrected chi connectivity index (χ4v) is 6.94. The number of hydrogen-bond donors (Lipinski definition) is 1.